The first-order valence-electron chi connectivity index (χ1n) is 8.92. The lowest BCUT2D eigenvalue weighted by atomic mass is 10.1. The second-order valence-electron chi connectivity index (χ2n) is 6.62. The van der Waals surface area contributed by atoms with Gasteiger partial charge >= 0.3 is 5.76 Å². The molecule has 0 aliphatic heterocycles. The van der Waals surface area contributed by atoms with Gasteiger partial charge in [0, 0.05) is 23.9 Å². The molecule has 0 unspecified atom stereocenters. The van der Waals surface area contributed by atoms with E-state index in [0.717, 1.165) is 11.3 Å². The lowest BCUT2D eigenvalue weighted by Crippen LogP contribution is -2.19. The molecule has 2 heterocycles. The Hall–Kier alpha value is -3.19. The molecule has 0 aliphatic carbocycles. The van der Waals surface area contributed by atoms with Gasteiger partial charge < -0.3 is 9.73 Å². The maximum Gasteiger partial charge on any atom is 0.419 e. The minimum Gasteiger partial charge on any atom is -0.408 e. The lowest BCUT2D eigenvalue weighted by Gasteiger charge is -2.04. The van der Waals surface area contributed by atoms with E-state index < -0.39 is 5.76 Å². The molecule has 28 heavy (non-hydrogen) atoms. The number of anilines is 1. The highest BCUT2D eigenvalue weighted by Crippen LogP contribution is 2.26. The molecular formula is C21H19N3O3S. The molecule has 1 N–H and O–H groups in total. The lowest BCUT2D eigenvalue weighted by molar-refractivity contribution is -0.116. The number of aryl methyl sites for hydroxylation is 3. The zero-order chi connectivity index (χ0) is 19.7. The van der Waals surface area contributed by atoms with Crippen molar-refractivity contribution in [2.24, 2.45) is 0 Å². The fourth-order valence-corrected chi connectivity index (χ4v) is 3.72. The van der Waals surface area contributed by atoms with Crippen LogP contribution in [0, 0.1) is 13.8 Å². The summed E-state index contributed by atoms with van der Waals surface area (Å²) >= 11 is 1.38. The molecule has 0 radical (unpaired) electrons. The number of fused-ring (bicyclic) bond motifs is 1. The van der Waals surface area contributed by atoms with Crippen LogP contribution in [0.5, 0.6) is 0 Å². The highest BCUT2D eigenvalue weighted by atomic mass is 32.1. The van der Waals surface area contributed by atoms with Gasteiger partial charge in [0.15, 0.2) is 10.7 Å². The van der Waals surface area contributed by atoms with Gasteiger partial charge in [-0.15, -0.1) is 11.3 Å². The summed E-state index contributed by atoms with van der Waals surface area (Å²) in [5.41, 5.74) is 5.50. The smallest absolute Gasteiger partial charge is 0.408 e. The average molecular weight is 393 g/mol. The summed E-state index contributed by atoms with van der Waals surface area (Å²) in [7, 11) is 0. The molecule has 0 fully saturated rings. The Balaban J connectivity index is 1.43. The molecule has 6 nitrogen and oxygen atoms in total. The van der Waals surface area contributed by atoms with Crippen molar-refractivity contribution in [2.75, 3.05) is 5.32 Å². The molecule has 2 aromatic heterocycles. The maximum absolute atomic E-state index is 12.3. The summed E-state index contributed by atoms with van der Waals surface area (Å²) in [5.74, 6) is -0.654. The van der Waals surface area contributed by atoms with E-state index in [0.29, 0.717) is 16.2 Å². The predicted octanol–water partition coefficient (Wildman–Crippen LogP) is 4.36. The third-order valence-corrected chi connectivity index (χ3v) is 5.45. The summed E-state index contributed by atoms with van der Waals surface area (Å²) in [6.07, 6.45) is 0.155. The Morgan fingerprint density at radius 2 is 2.00 bits per heavy atom. The number of nitrogens with zero attached hydrogens (tertiary/aromatic N) is 2. The summed E-state index contributed by atoms with van der Waals surface area (Å²) in [4.78, 5) is 28.8. The number of rotatable bonds is 5. The van der Waals surface area contributed by atoms with E-state index in [4.69, 9.17) is 4.42 Å². The van der Waals surface area contributed by atoms with Crippen molar-refractivity contribution in [1.82, 2.24) is 9.55 Å². The van der Waals surface area contributed by atoms with Crippen LogP contribution in [0.1, 0.15) is 17.5 Å². The Morgan fingerprint density at radius 1 is 1.18 bits per heavy atom. The zero-order valence-corrected chi connectivity index (χ0v) is 16.4. The van der Waals surface area contributed by atoms with Crippen LogP contribution < -0.4 is 11.1 Å². The van der Waals surface area contributed by atoms with Crippen LogP contribution in [0.15, 0.2) is 57.1 Å². The third kappa shape index (κ3) is 3.61. The van der Waals surface area contributed by atoms with Gasteiger partial charge in [0.25, 0.3) is 0 Å². The van der Waals surface area contributed by atoms with Gasteiger partial charge in [-0.25, -0.2) is 9.78 Å². The fraction of sp³-hybridized carbons (Fsp3) is 0.190. The molecule has 0 saturated carbocycles. The molecule has 0 spiro atoms. The molecule has 7 heteroatoms. The van der Waals surface area contributed by atoms with Crippen molar-refractivity contribution in [2.45, 2.75) is 26.8 Å². The van der Waals surface area contributed by atoms with Crippen LogP contribution in [-0.4, -0.2) is 15.5 Å². The second kappa shape index (κ2) is 7.44. The molecule has 0 bridgehead atoms. The monoisotopic (exact) mass is 393 g/mol. The minimum atomic E-state index is -0.458. The van der Waals surface area contributed by atoms with Crippen molar-refractivity contribution >= 4 is 33.5 Å². The van der Waals surface area contributed by atoms with E-state index in [2.05, 4.69) is 36.3 Å². The van der Waals surface area contributed by atoms with Crippen molar-refractivity contribution in [3.63, 3.8) is 0 Å². The minimum absolute atomic E-state index is 0.155. The van der Waals surface area contributed by atoms with E-state index in [1.807, 2.05) is 17.5 Å². The van der Waals surface area contributed by atoms with Gasteiger partial charge in [-0.2, -0.15) is 0 Å². The Kier molecular flexibility index (Phi) is 4.83. The van der Waals surface area contributed by atoms with Crippen LogP contribution in [-0.2, 0) is 11.3 Å². The van der Waals surface area contributed by atoms with Crippen LogP contribution >= 0.6 is 11.3 Å². The zero-order valence-electron chi connectivity index (χ0n) is 15.6. The first-order chi connectivity index (χ1) is 13.5. The number of carbonyl (C=O) groups excluding carboxylic acids is 1. The highest BCUT2D eigenvalue weighted by molar-refractivity contribution is 7.14. The number of amides is 1. The van der Waals surface area contributed by atoms with Gasteiger partial charge in [0.1, 0.15) is 0 Å². The van der Waals surface area contributed by atoms with Crippen LogP contribution in [0.2, 0.25) is 0 Å². The quantitative estimate of drug-likeness (QED) is 0.546. The van der Waals surface area contributed by atoms with Gasteiger partial charge in [-0.1, -0.05) is 24.3 Å². The largest absolute Gasteiger partial charge is 0.419 e. The van der Waals surface area contributed by atoms with Gasteiger partial charge in [-0.05, 0) is 43.2 Å². The van der Waals surface area contributed by atoms with Crippen LogP contribution in [0.25, 0.3) is 22.4 Å². The number of benzene rings is 2. The molecule has 4 aromatic rings. The van der Waals surface area contributed by atoms with E-state index in [9.17, 15) is 9.59 Å². The molecule has 142 valence electrons. The summed E-state index contributed by atoms with van der Waals surface area (Å²) in [6, 6.07) is 13.3. The van der Waals surface area contributed by atoms with Gasteiger partial charge in [-0.3, -0.25) is 9.36 Å². The molecule has 4 rings (SSSR count). The Morgan fingerprint density at radius 3 is 2.82 bits per heavy atom. The van der Waals surface area contributed by atoms with Crippen molar-refractivity contribution in [3.8, 4) is 11.3 Å². The van der Waals surface area contributed by atoms with Gasteiger partial charge in [0.2, 0.25) is 5.91 Å². The van der Waals surface area contributed by atoms with Crippen molar-refractivity contribution < 1.29 is 9.21 Å². The number of carbonyl (C=O) groups is 1. The average Bonchev–Trinajstić information content (AvgIpc) is 3.26. The maximum atomic E-state index is 12.3. The number of oxazole rings is 1. The van der Waals surface area contributed by atoms with Crippen molar-refractivity contribution in [1.29, 1.82) is 0 Å². The predicted molar refractivity (Wildman–Crippen MR) is 111 cm³/mol. The Bertz CT molecular complexity index is 1220. The van der Waals surface area contributed by atoms with Crippen LogP contribution in [0.4, 0.5) is 5.13 Å². The molecular weight excluding hydrogens is 374 g/mol. The number of para-hydroxylation sites is 2. The highest BCUT2D eigenvalue weighted by Gasteiger charge is 2.12. The molecule has 1 amide bonds. The number of hydrogen-bond donors (Lipinski definition) is 1. The fourth-order valence-electron chi connectivity index (χ4n) is 2.99. The molecule has 0 saturated heterocycles. The summed E-state index contributed by atoms with van der Waals surface area (Å²) in [6.45, 7) is 4.38. The second-order valence-corrected chi connectivity index (χ2v) is 7.48. The normalized spacial score (nSPS) is 11.1. The number of nitrogens with one attached hydrogen (secondary N) is 1. The van der Waals surface area contributed by atoms with Crippen LogP contribution in [0.3, 0.4) is 0 Å². The standard InChI is InChI=1S/C21H19N3O3S/c1-13-7-8-15(11-14(13)2)16-12-28-20(22-16)23-19(25)9-10-24-17-5-3-4-6-18(17)27-21(24)26/h3-8,11-12H,9-10H2,1-2H3,(H,22,23,25). The van der Waals surface area contributed by atoms with Crippen molar-refractivity contribution in [3.05, 3.63) is 69.5 Å². The molecule has 0 atom stereocenters. The summed E-state index contributed by atoms with van der Waals surface area (Å²) in [5, 5.41) is 5.28. The van der Waals surface area contributed by atoms with E-state index in [-0.39, 0.29) is 18.9 Å². The van der Waals surface area contributed by atoms with E-state index >= 15 is 0 Å². The number of aromatic nitrogens is 2. The number of thiazole rings is 1. The molecule has 0 aliphatic rings. The Labute approximate surface area is 165 Å². The van der Waals surface area contributed by atoms with E-state index in [1.54, 1.807) is 18.2 Å². The van der Waals surface area contributed by atoms with E-state index in [1.165, 1.54) is 27.0 Å². The topological polar surface area (TPSA) is 77.1 Å². The van der Waals surface area contributed by atoms with Gasteiger partial charge in [0.05, 0.1) is 11.2 Å². The summed E-state index contributed by atoms with van der Waals surface area (Å²) < 4.78 is 6.65. The first-order valence-corrected chi connectivity index (χ1v) is 9.80. The molecule has 2 aromatic carbocycles. The third-order valence-electron chi connectivity index (χ3n) is 4.69. The first kappa shape index (κ1) is 18.2. The SMILES string of the molecule is Cc1ccc(-c2csc(NC(=O)CCn3c(=O)oc4ccccc43)n2)cc1C. The number of hydrogen-bond acceptors (Lipinski definition) is 5.